The second kappa shape index (κ2) is 8.00. The summed E-state index contributed by atoms with van der Waals surface area (Å²) in [6, 6.07) is 25.6. The first-order valence-electron chi connectivity index (χ1n) is 9.97. The molecule has 1 amide bonds. The predicted octanol–water partition coefficient (Wildman–Crippen LogP) is 4.29. The summed E-state index contributed by atoms with van der Waals surface area (Å²) in [7, 11) is 0. The van der Waals surface area contributed by atoms with Gasteiger partial charge in [0.1, 0.15) is 5.75 Å². The van der Waals surface area contributed by atoms with Crippen molar-refractivity contribution in [2.75, 3.05) is 26.3 Å². The van der Waals surface area contributed by atoms with Gasteiger partial charge in [0.15, 0.2) is 0 Å². The minimum Gasteiger partial charge on any atom is -0.425 e. The number of hydrogen-bond donors (Lipinski definition) is 0. The maximum atomic E-state index is 12.9. The van der Waals surface area contributed by atoms with Gasteiger partial charge in [-0.05, 0) is 42.5 Å². The molecule has 150 valence electrons. The molecular formula is C24H21N3O3. The Balaban J connectivity index is 1.58. The summed E-state index contributed by atoms with van der Waals surface area (Å²) in [5, 5.41) is 0. The van der Waals surface area contributed by atoms with Crippen LogP contribution in [-0.2, 0) is 4.74 Å². The molecule has 6 heteroatoms. The van der Waals surface area contributed by atoms with Gasteiger partial charge in [-0.25, -0.2) is 0 Å². The summed E-state index contributed by atoms with van der Waals surface area (Å²) in [6.45, 7) is 2.37. The lowest BCUT2D eigenvalue weighted by Crippen LogP contribution is -2.40. The minimum absolute atomic E-state index is 0.0000103. The van der Waals surface area contributed by atoms with Gasteiger partial charge in [-0.3, -0.25) is 9.36 Å². The quantitative estimate of drug-likeness (QED) is 0.514. The van der Waals surface area contributed by atoms with E-state index in [1.807, 2.05) is 88.3 Å². The maximum Gasteiger partial charge on any atom is 0.307 e. The summed E-state index contributed by atoms with van der Waals surface area (Å²) in [5.74, 6) is 0.703. The summed E-state index contributed by atoms with van der Waals surface area (Å²) >= 11 is 0. The zero-order valence-corrected chi connectivity index (χ0v) is 16.4. The molecule has 0 bridgehead atoms. The van der Waals surface area contributed by atoms with Gasteiger partial charge in [0.25, 0.3) is 5.91 Å². The molecule has 2 heterocycles. The van der Waals surface area contributed by atoms with Gasteiger partial charge in [-0.2, -0.15) is 4.98 Å². The van der Waals surface area contributed by atoms with E-state index in [9.17, 15) is 4.79 Å². The van der Waals surface area contributed by atoms with Crippen LogP contribution in [0.2, 0.25) is 0 Å². The normalized spacial score (nSPS) is 14.1. The molecular weight excluding hydrogens is 378 g/mol. The third-order valence-corrected chi connectivity index (χ3v) is 5.14. The van der Waals surface area contributed by atoms with Crippen molar-refractivity contribution in [1.29, 1.82) is 0 Å². The van der Waals surface area contributed by atoms with Crippen molar-refractivity contribution in [3.05, 3.63) is 84.4 Å². The Labute approximate surface area is 174 Å². The summed E-state index contributed by atoms with van der Waals surface area (Å²) in [5.41, 5.74) is 3.15. The van der Waals surface area contributed by atoms with Crippen LogP contribution in [0.4, 0.5) is 0 Å². The van der Waals surface area contributed by atoms with Gasteiger partial charge in [-0.15, -0.1) is 0 Å². The van der Waals surface area contributed by atoms with E-state index in [0.717, 1.165) is 11.2 Å². The molecule has 1 saturated heterocycles. The molecule has 1 fully saturated rings. The molecule has 0 unspecified atom stereocenters. The van der Waals surface area contributed by atoms with Crippen LogP contribution in [0.25, 0.3) is 16.7 Å². The number of fused-ring (bicyclic) bond motifs is 1. The molecule has 0 spiro atoms. The number of carbonyl (C=O) groups is 1. The van der Waals surface area contributed by atoms with E-state index in [0.29, 0.717) is 49.1 Å². The first kappa shape index (κ1) is 18.4. The number of imidazole rings is 1. The molecule has 3 aromatic carbocycles. The molecule has 0 aliphatic carbocycles. The van der Waals surface area contributed by atoms with Gasteiger partial charge < -0.3 is 14.4 Å². The number of amides is 1. The van der Waals surface area contributed by atoms with Gasteiger partial charge >= 0.3 is 6.01 Å². The summed E-state index contributed by atoms with van der Waals surface area (Å²) in [6.07, 6.45) is 0. The molecule has 0 saturated carbocycles. The second-order valence-corrected chi connectivity index (χ2v) is 7.09. The molecule has 6 nitrogen and oxygen atoms in total. The van der Waals surface area contributed by atoms with Gasteiger partial charge in [0.05, 0.1) is 29.9 Å². The fourth-order valence-electron chi connectivity index (χ4n) is 3.63. The Bertz CT molecular complexity index is 1170. The number of para-hydroxylation sites is 2. The zero-order valence-electron chi connectivity index (χ0n) is 16.4. The SMILES string of the molecule is O=C(c1ccc2c(c1)nc(Oc1ccccc1)n2-c1ccccc1)N1CCOCC1. The van der Waals surface area contributed by atoms with E-state index in [4.69, 9.17) is 14.5 Å². The molecule has 1 aliphatic heterocycles. The Kier molecular flexibility index (Phi) is 4.91. The van der Waals surface area contributed by atoms with Crippen LogP contribution in [0.1, 0.15) is 10.4 Å². The fourth-order valence-corrected chi connectivity index (χ4v) is 3.63. The molecule has 5 rings (SSSR count). The lowest BCUT2D eigenvalue weighted by molar-refractivity contribution is 0.0303. The van der Waals surface area contributed by atoms with Crippen LogP contribution in [0.5, 0.6) is 11.8 Å². The van der Waals surface area contributed by atoms with E-state index >= 15 is 0 Å². The van der Waals surface area contributed by atoms with Crippen LogP contribution < -0.4 is 4.74 Å². The van der Waals surface area contributed by atoms with Crippen molar-refractivity contribution >= 4 is 16.9 Å². The highest BCUT2D eigenvalue weighted by Gasteiger charge is 2.21. The highest BCUT2D eigenvalue weighted by Crippen LogP contribution is 2.30. The molecule has 0 N–H and O–H groups in total. The van der Waals surface area contributed by atoms with E-state index in [-0.39, 0.29) is 5.91 Å². The van der Waals surface area contributed by atoms with Crippen molar-refractivity contribution in [2.24, 2.45) is 0 Å². The highest BCUT2D eigenvalue weighted by atomic mass is 16.5. The van der Waals surface area contributed by atoms with Crippen LogP contribution in [0.15, 0.2) is 78.9 Å². The zero-order chi connectivity index (χ0) is 20.3. The minimum atomic E-state index is -0.0000103. The largest absolute Gasteiger partial charge is 0.425 e. The van der Waals surface area contributed by atoms with Crippen LogP contribution >= 0.6 is 0 Å². The standard InChI is InChI=1S/C24H21N3O3/c28-23(26-13-15-29-16-14-26)18-11-12-22-21(17-18)25-24(30-20-9-5-2-6-10-20)27(22)19-7-3-1-4-8-19/h1-12,17H,13-16H2. The molecule has 1 aromatic heterocycles. The molecule has 0 atom stereocenters. The Morgan fingerprint density at radius 1 is 0.900 bits per heavy atom. The number of hydrogen-bond acceptors (Lipinski definition) is 4. The second-order valence-electron chi connectivity index (χ2n) is 7.09. The summed E-state index contributed by atoms with van der Waals surface area (Å²) < 4.78 is 13.4. The lowest BCUT2D eigenvalue weighted by atomic mass is 10.1. The predicted molar refractivity (Wildman–Crippen MR) is 114 cm³/mol. The molecule has 4 aromatic rings. The number of aromatic nitrogens is 2. The first-order chi connectivity index (χ1) is 14.8. The van der Waals surface area contributed by atoms with Crippen molar-refractivity contribution in [3.63, 3.8) is 0 Å². The Morgan fingerprint density at radius 3 is 2.33 bits per heavy atom. The number of carbonyl (C=O) groups excluding carboxylic acids is 1. The first-order valence-corrected chi connectivity index (χ1v) is 9.97. The van der Waals surface area contributed by atoms with Crippen molar-refractivity contribution in [2.45, 2.75) is 0 Å². The lowest BCUT2D eigenvalue weighted by Gasteiger charge is -2.26. The topological polar surface area (TPSA) is 56.6 Å². The number of benzene rings is 3. The van der Waals surface area contributed by atoms with Crippen LogP contribution in [0.3, 0.4) is 0 Å². The average Bonchev–Trinajstić information content (AvgIpc) is 3.17. The van der Waals surface area contributed by atoms with Crippen molar-refractivity contribution in [3.8, 4) is 17.4 Å². The van der Waals surface area contributed by atoms with E-state index in [1.54, 1.807) is 0 Å². The van der Waals surface area contributed by atoms with Crippen molar-refractivity contribution in [1.82, 2.24) is 14.5 Å². The van der Waals surface area contributed by atoms with Crippen molar-refractivity contribution < 1.29 is 14.3 Å². The maximum absolute atomic E-state index is 12.9. The van der Waals surface area contributed by atoms with Crippen LogP contribution in [-0.4, -0.2) is 46.7 Å². The number of nitrogens with zero attached hydrogens (tertiary/aromatic N) is 3. The molecule has 0 radical (unpaired) electrons. The van der Waals surface area contributed by atoms with E-state index in [1.165, 1.54) is 0 Å². The third kappa shape index (κ3) is 3.53. The van der Waals surface area contributed by atoms with E-state index in [2.05, 4.69) is 0 Å². The van der Waals surface area contributed by atoms with Gasteiger partial charge in [0, 0.05) is 18.7 Å². The highest BCUT2D eigenvalue weighted by molar-refractivity contribution is 5.97. The Morgan fingerprint density at radius 2 is 1.60 bits per heavy atom. The third-order valence-electron chi connectivity index (χ3n) is 5.14. The monoisotopic (exact) mass is 399 g/mol. The molecule has 30 heavy (non-hydrogen) atoms. The number of rotatable bonds is 4. The van der Waals surface area contributed by atoms with Gasteiger partial charge in [0.2, 0.25) is 0 Å². The van der Waals surface area contributed by atoms with Crippen LogP contribution in [0, 0.1) is 0 Å². The summed E-state index contributed by atoms with van der Waals surface area (Å²) in [4.78, 5) is 19.4. The number of morpholine rings is 1. The average molecular weight is 399 g/mol. The van der Waals surface area contributed by atoms with E-state index < -0.39 is 0 Å². The van der Waals surface area contributed by atoms with Gasteiger partial charge in [-0.1, -0.05) is 36.4 Å². The Hall–Kier alpha value is -3.64. The molecule has 1 aliphatic rings. The number of ether oxygens (including phenoxy) is 2. The fraction of sp³-hybridized carbons (Fsp3) is 0.167. The smallest absolute Gasteiger partial charge is 0.307 e.